The molecule has 1 aromatic carbocycles. The number of hydrogen-bond acceptors (Lipinski definition) is 5. The van der Waals surface area contributed by atoms with Crippen molar-refractivity contribution in [1.82, 2.24) is 4.90 Å². The van der Waals surface area contributed by atoms with E-state index in [1.165, 1.54) is 0 Å². The Morgan fingerprint density at radius 3 is 2.58 bits per heavy atom. The number of anilines is 1. The van der Waals surface area contributed by atoms with Crippen molar-refractivity contribution in [3.05, 3.63) is 23.8 Å². The van der Waals surface area contributed by atoms with Crippen LogP contribution in [0.5, 0.6) is 5.75 Å². The number of likely N-dealkylation sites (N-methyl/N-ethyl adjacent to an activating group) is 1. The zero-order valence-corrected chi connectivity index (χ0v) is 16.0. The number of ether oxygens (including phenoxy) is 2. The molecule has 136 valence electrons. The van der Waals surface area contributed by atoms with Crippen molar-refractivity contribution in [3.63, 3.8) is 0 Å². The number of nitrogens with one attached hydrogen (secondary N) is 1. The van der Waals surface area contributed by atoms with E-state index in [-0.39, 0.29) is 12.0 Å². The lowest BCUT2D eigenvalue weighted by Gasteiger charge is -2.25. The van der Waals surface area contributed by atoms with Gasteiger partial charge in [-0.25, -0.2) is 4.79 Å². The van der Waals surface area contributed by atoms with E-state index < -0.39 is 0 Å². The van der Waals surface area contributed by atoms with Gasteiger partial charge in [-0.3, -0.25) is 4.84 Å². The molecule has 0 saturated carbocycles. The average molecular weight is 357 g/mol. The molecule has 6 heteroatoms. The van der Waals surface area contributed by atoms with Gasteiger partial charge in [-0.1, -0.05) is 20.8 Å². The summed E-state index contributed by atoms with van der Waals surface area (Å²) in [7, 11) is 4.00. The Hall–Kier alpha value is -1.46. The van der Waals surface area contributed by atoms with Gasteiger partial charge in [0.15, 0.2) is 0 Å². The Bertz CT molecular complexity index is 521. The average Bonchev–Trinajstić information content (AvgIpc) is 2.55. The summed E-state index contributed by atoms with van der Waals surface area (Å²) in [4.78, 5) is 17.1. The van der Waals surface area contributed by atoms with Gasteiger partial charge in [0, 0.05) is 23.9 Å². The lowest BCUT2D eigenvalue weighted by Crippen LogP contribution is -2.34. The minimum atomic E-state index is -0.377. The number of hydrogen-bond donors (Lipinski definition) is 1. The summed E-state index contributed by atoms with van der Waals surface area (Å²) < 4.78 is 11.2. The van der Waals surface area contributed by atoms with Gasteiger partial charge < -0.3 is 14.4 Å². The van der Waals surface area contributed by atoms with Crippen LogP contribution in [0.15, 0.2) is 18.2 Å². The summed E-state index contributed by atoms with van der Waals surface area (Å²) in [6, 6.07) is 5.29. The summed E-state index contributed by atoms with van der Waals surface area (Å²) in [5, 5.41) is 0. The largest absolute Gasteiger partial charge is 0.493 e. The quantitative estimate of drug-likeness (QED) is 0.503. The first-order valence-electron chi connectivity index (χ1n) is 8.36. The van der Waals surface area contributed by atoms with Crippen LogP contribution in [-0.2, 0) is 4.74 Å². The molecule has 0 bridgehead atoms. The van der Waals surface area contributed by atoms with Crippen LogP contribution in [0.1, 0.15) is 44.0 Å². The maximum atomic E-state index is 12.5. The molecular weight excluding hydrogens is 328 g/mol. The van der Waals surface area contributed by atoms with Gasteiger partial charge in [-0.2, -0.15) is 0 Å². The standard InChI is InChI=1S/C18H29ClN2O3/c1-6-9-23-17-11-14(20-19)7-8-16(17)18(22)24-12-15(21(4)5)10-13(2)3/h7-8,11,13,15,20H,6,9-10,12H2,1-5H3/t15-/m0/s1. The minimum absolute atomic E-state index is 0.192. The van der Waals surface area contributed by atoms with Gasteiger partial charge in [0.05, 0.1) is 12.3 Å². The van der Waals surface area contributed by atoms with E-state index in [1.807, 2.05) is 21.0 Å². The maximum Gasteiger partial charge on any atom is 0.341 e. The lowest BCUT2D eigenvalue weighted by atomic mass is 10.0. The van der Waals surface area contributed by atoms with Crippen LogP contribution in [0, 0.1) is 5.92 Å². The van der Waals surface area contributed by atoms with Crippen molar-refractivity contribution in [1.29, 1.82) is 0 Å². The summed E-state index contributed by atoms with van der Waals surface area (Å²) in [6.07, 6.45) is 1.82. The third kappa shape index (κ3) is 6.57. The van der Waals surface area contributed by atoms with E-state index in [1.54, 1.807) is 18.2 Å². The molecule has 1 aromatic rings. The van der Waals surface area contributed by atoms with E-state index in [0.29, 0.717) is 36.1 Å². The van der Waals surface area contributed by atoms with Crippen molar-refractivity contribution in [2.75, 3.05) is 32.1 Å². The molecule has 0 radical (unpaired) electrons. The number of halogens is 1. The molecule has 0 fully saturated rings. The molecule has 0 aromatic heterocycles. The molecule has 1 atom stereocenters. The maximum absolute atomic E-state index is 12.5. The van der Waals surface area contributed by atoms with E-state index in [2.05, 4.69) is 23.6 Å². The van der Waals surface area contributed by atoms with Crippen molar-refractivity contribution >= 4 is 23.4 Å². The highest BCUT2D eigenvalue weighted by Crippen LogP contribution is 2.25. The second-order valence-electron chi connectivity index (χ2n) is 6.50. The van der Waals surface area contributed by atoms with E-state index in [4.69, 9.17) is 21.3 Å². The molecular formula is C18H29ClN2O3. The van der Waals surface area contributed by atoms with Crippen LogP contribution >= 0.6 is 11.8 Å². The monoisotopic (exact) mass is 356 g/mol. The van der Waals surface area contributed by atoms with Crippen LogP contribution in [0.2, 0.25) is 0 Å². The second-order valence-corrected chi connectivity index (χ2v) is 6.69. The number of carbonyl (C=O) groups is 1. The van der Waals surface area contributed by atoms with E-state index >= 15 is 0 Å². The van der Waals surface area contributed by atoms with Crippen molar-refractivity contribution < 1.29 is 14.3 Å². The first-order valence-corrected chi connectivity index (χ1v) is 8.73. The first kappa shape index (κ1) is 20.6. The number of esters is 1. The highest BCUT2D eigenvalue weighted by atomic mass is 35.5. The highest BCUT2D eigenvalue weighted by Gasteiger charge is 2.19. The van der Waals surface area contributed by atoms with Crippen molar-refractivity contribution in [3.8, 4) is 5.75 Å². The molecule has 0 saturated heterocycles. The molecule has 0 amide bonds. The Morgan fingerprint density at radius 1 is 1.33 bits per heavy atom. The van der Waals surface area contributed by atoms with Crippen LogP contribution in [0.3, 0.4) is 0 Å². The Balaban J connectivity index is 2.82. The van der Waals surface area contributed by atoms with Gasteiger partial charge in [0.2, 0.25) is 0 Å². The van der Waals surface area contributed by atoms with E-state index in [0.717, 1.165) is 12.8 Å². The number of rotatable bonds is 10. The predicted molar refractivity (Wildman–Crippen MR) is 98.9 cm³/mol. The second kappa shape index (κ2) is 10.4. The van der Waals surface area contributed by atoms with Gasteiger partial charge in [-0.05, 0) is 45.0 Å². The van der Waals surface area contributed by atoms with Crippen molar-refractivity contribution in [2.45, 2.75) is 39.7 Å². The SMILES string of the molecule is CCCOc1cc(NCl)ccc1C(=O)OC[C@H](CC(C)C)N(C)C. The highest BCUT2D eigenvalue weighted by molar-refractivity contribution is 6.24. The fourth-order valence-electron chi connectivity index (χ4n) is 2.30. The molecule has 0 aliphatic rings. The Labute approximate surface area is 150 Å². The Kier molecular flexibility index (Phi) is 8.93. The zero-order chi connectivity index (χ0) is 18.1. The molecule has 0 heterocycles. The fraction of sp³-hybridized carbons (Fsp3) is 0.611. The molecule has 1 rings (SSSR count). The summed E-state index contributed by atoms with van der Waals surface area (Å²) in [5.74, 6) is 0.643. The molecule has 24 heavy (non-hydrogen) atoms. The van der Waals surface area contributed by atoms with Gasteiger partial charge >= 0.3 is 5.97 Å². The van der Waals surface area contributed by atoms with Crippen LogP contribution in [0.4, 0.5) is 5.69 Å². The molecule has 0 aliphatic carbocycles. The van der Waals surface area contributed by atoms with Crippen LogP contribution < -0.4 is 9.57 Å². The molecule has 0 aliphatic heterocycles. The summed E-state index contributed by atoms with van der Waals surface area (Å²) in [6.45, 7) is 7.21. The van der Waals surface area contributed by atoms with Crippen molar-refractivity contribution in [2.24, 2.45) is 5.92 Å². The smallest absolute Gasteiger partial charge is 0.341 e. The number of benzene rings is 1. The normalized spacial score (nSPS) is 12.3. The zero-order valence-electron chi connectivity index (χ0n) is 15.3. The first-order chi connectivity index (χ1) is 11.4. The summed E-state index contributed by atoms with van der Waals surface area (Å²) >= 11 is 5.62. The molecule has 0 spiro atoms. The number of carbonyl (C=O) groups excluding carboxylic acids is 1. The number of nitrogens with zero attached hydrogens (tertiary/aromatic N) is 1. The minimum Gasteiger partial charge on any atom is -0.493 e. The molecule has 5 nitrogen and oxygen atoms in total. The third-order valence-electron chi connectivity index (χ3n) is 3.65. The fourth-order valence-corrected chi connectivity index (χ4v) is 2.42. The molecule has 0 unspecified atom stereocenters. The summed E-state index contributed by atoms with van der Waals surface area (Å²) in [5.41, 5.74) is 1.09. The van der Waals surface area contributed by atoms with Gasteiger partial charge in [0.25, 0.3) is 0 Å². The van der Waals surface area contributed by atoms with Crippen LogP contribution in [-0.4, -0.2) is 44.2 Å². The lowest BCUT2D eigenvalue weighted by molar-refractivity contribution is 0.0375. The topological polar surface area (TPSA) is 50.8 Å². The predicted octanol–water partition coefficient (Wildman–Crippen LogP) is 4.17. The van der Waals surface area contributed by atoms with Gasteiger partial charge in [-0.15, -0.1) is 0 Å². The van der Waals surface area contributed by atoms with Crippen LogP contribution in [0.25, 0.3) is 0 Å². The Morgan fingerprint density at radius 2 is 2.04 bits per heavy atom. The van der Waals surface area contributed by atoms with Gasteiger partial charge in [0.1, 0.15) is 17.9 Å². The van der Waals surface area contributed by atoms with E-state index in [9.17, 15) is 4.79 Å². The molecule has 1 N–H and O–H groups in total. The third-order valence-corrected chi connectivity index (χ3v) is 3.87.